The maximum Gasteiger partial charge on any atom is 0.338 e. The Hall–Kier alpha value is -1.37. The summed E-state index contributed by atoms with van der Waals surface area (Å²) in [7, 11) is 0. The monoisotopic (exact) mass is 374 g/mol. The zero-order valence-corrected chi connectivity index (χ0v) is 12.8. The topological polar surface area (TPSA) is 52.6 Å². The van der Waals surface area contributed by atoms with E-state index in [1.165, 1.54) is 0 Å². The van der Waals surface area contributed by atoms with E-state index in [1.807, 2.05) is 12.1 Å². The number of halogens is 1. The molecule has 1 rings (SSSR count). The van der Waals surface area contributed by atoms with Gasteiger partial charge in [0.25, 0.3) is 0 Å². The summed E-state index contributed by atoms with van der Waals surface area (Å²) in [6.45, 7) is 5.48. The zero-order chi connectivity index (χ0) is 14.3. The Kier molecular flexibility index (Phi) is 6.55. The van der Waals surface area contributed by atoms with Gasteiger partial charge in [-0.1, -0.05) is 6.58 Å². The molecule has 4 nitrogen and oxygen atoms in total. The number of hydrogen-bond acceptors (Lipinski definition) is 4. The van der Waals surface area contributed by atoms with Crippen LogP contribution in [0.3, 0.4) is 0 Å². The van der Waals surface area contributed by atoms with Crippen LogP contribution < -0.4 is 0 Å². The maximum atomic E-state index is 11.6. The van der Waals surface area contributed by atoms with E-state index in [2.05, 4.69) is 29.2 Å². The van der Waals surface area contributed by atoms with Crippen molar-refractivity contribution >= 4 is 34.5 Å². The largest absolute Gasteiger partial charge is 0.462 e. The highest BCUT2D eigenvalue weighted by Crippen LogP contribution is 2.08. The van der Waals surface area contributed by atoms with Crippen molar-refractivity contribution < 1.29 is 19.1 Å². The second-order valence-electron chi connectivity index (χ2n) is 3.91. The highest BCUT2D eigenvalue weighted by molar-refractivity contribution is 14.1. The number of carbonyl (C=O) groups excluding carboxylic acids is 2. The SMILES string of the molecule is C=C(C)C(=O)OCCCOC(=O)c1ccc(I)cc1. The van der Waals surface area contributed by atoms with Crippen molar-refractivity contribution in [2.75, 3.05) is 13.2 Å². The van der Waals surface area contributed by atoms with Gasteiger partial charge in [-0.15, -0.1) is 0 Å². The lowest BCUT2D eigenvalue weighted by Crippen LogP contribution is -2.11. The number of esters is 2. The molecule has 5 heteroatoms. The molecule has 0 unspecified atom stereocenters. The molecule has 0 saturated heterocycles. The van der Waals surface area contributed by atoms with E-state index in [-0.39, 0.29) is 19.2 Å². The molecule has 0 bridgehead atoms. The third-order valence-corrected chi connectivity index (χ3v) is 2.90. The van der Waals surface area contributed by atoms with Crippen LogP contribution in [0.1, 0.15) is 23.7 Å². The Morgan fingerprint density at radius 2 is 1.74 bits per heavy atom. The Labute approximate surface area is 125 Å². The molecule has 0 saturated carbocycles. The summed E-state index contributed by atoms with van der Waals surface area (Å²) in [6.07, 6.45) is 0.467. The third-order valence-electron chi connectivity index (χ3n) is 2.18. The third kappa shape index (κ3) is 5.87. The summed E-state index contributed by atoms with van der Waals surface area (Å²) < 4.78 is 11.0. The van der Waals surface area contributed by atoms with Gasteiger partial charge in [-0.3, -0.25) is 0 Å². The molecular formula is C14H15IO4. The fourth-order valence-corrected chi connectivity index (χ4v) is 1.54. The molecule has 1 aromatic carbocycles. The molecule has 0 amide bonds. The first-order valence-corrected chi connectivity index (χ1v) is 6.84. The summed E-state index contributed by atoms with van der Waals surface area (Å²) >= 11 is 2.16. The van der Waals surface area contributed by atoms with E-state index in [1.54, 1.807) is 19.1 Å². The molecule has 0 atom stereocenters. The van der Waals surface area contributed by atoms with Gasteiger partial charge in [-0.2, -0.15) is 0 Å². The van der Waals surface area contributed by atoms with E-state index < -0.39 is 5.97 Å². The van der Waals surface area contributed by atoms with Crippen LogP contribution in [-0.4, -0.2) is 25.2 Å². The van der Waals surface area contributed by atoms with Gasteiger partial charge < -0.3 is 9.47 Å². The van der Waals surface area contributed by atoms with E-state index in [9.17, 15) is 9.59 Å². The summed E-state index contributed by atoms with van der Waals surface area (Å²) in [5.41, 5.74) is 0.871. The number of carbonyl (C=O) groups is 2. The molecule has 0 radical (unpaired) electrons. The van der Waals surface area contributed by atoms with Crippen LogP contribution in [0, 0.1) is 3.57 Å². The lowest BCUT2D eigenvalue weighted by atomic mass is 10.2. The summed E-state index contributed by atoms with van der Waals surface area (Å²) in [5, 5.41) is 0. The second kappa shape index (κ2) is 7.93. The van der Waals surface area contributed by atoms with Crippen LogP contribution in [0.2, 0.25) is 0 Å². The molecule has 19 heavy (non-hydrogen) atoms. The van der Waals surface area contributed by atoms with Crippen LogP contribution in [0.4, 0.5) is 0 Å². The van der Waals surface area contributed by atoms with Gasteiger partial charge in [0.1, 0.15) is 0 Å². The van der Waals surface area contributed by atoms with E-state index in [0.29, 0.717) is 17.6 Å². The Balaban J connectivity index is 2.23. The quantitative estimate of drug-likeness (QED) is 0.333. The predicted molar refractivity (Wildman–Crippen MR) is 79.8 cm³/mol. The maximum absolute atomic E-state index is 11.6. The molecule has 0 fully saturated rings. The smallest absolute Gasteiger partial charge is 0.338 e. The summed E-state index contributed by atoms with van der Waals surface area (Å²) in [6, 6.07) is 7.11. The first-order valence-electron chi connectivity index (χ1n) is 5.76. The van der Waals surface area contributed by atoms with Crippen molar-refractivity contribution in [2.24, 2.45) is 0 Å². The second-order valence-corrected chi connectivity index (χ2v) is 5.16. The van der Waals surface area contributed by atoms with Gasteiger partial charge in [-0.25, -0.2) is 9.59 Å². The predicted octanol–water partition coefficient (Wildman–Crippen LogP) is 2.96. The minimum absolute atomic E-state index is 0.214. The summed E-state index contributed by atoms with van der Waals surface area (Å²) in [4.78, 5) is 22.7. The Bertz CT molecular complexity index is 465. The normalized spacial score (nSPS) is 9.79. The average Bonchev–Trinajstić information content (AvgIpc) is 2.38. The fraction of sp³-hybridized carbons (Fsp3) is 0.286. The highest BCUT2D eigenvalue weighted by Gasteiger charge is 2.07. The van der Waals surface area contributed by atoms with Crippen molar-refractivity contribution in [3.8, 4) is 0 Å². The molecule has 0 N–H and O–H groups in total. The van der Waals surface area contributed by atoms with Gasteiger partial charge in [0, 0.05) is 15.6 Å². The van der Waals surface area contributed by atoms with Crippen LogP contribution >= 0.6 is 22.6 Å². The van der Waals surface area contributed by atoms with Crippen molar-refractivity contribution in [1.29, 1.82) is 0 Å². The average molecular weight is 374 g/mol. The Morgan fingerprint density at radius 3 is 2.32 bits per heavy atom. The first-order chi connectivity index (χ1) is 9.00. The lowest BCUT2D eigenvalue weighted by Gasteiger charge is -2.06. The summed E-state index contributed by atoms with van der Waals surface area (Å²) in [5.74, 6) is -0.799. The van der Waals surface area contributed by atoms with Gasteiger partial charge in [-0.05, 0) is 53.8 Å². The van der Waals surface area contributed by atoms with Crippen LogP contribution in [-0.2, 0) is 14.3 Å². The molecular weight excluding hydrogens is 359 g/mol. The molecule has 0 spiro atoms. The molecule has 0 aliphatic carbocycles. The van der Waals surface area contributed by atoms with E-state index >= 15 is 0 Å². The van der Waals surface area contributed by atoms with Crippen LogP contribution in [0.25, 0.3) is 0 Å². The first kappa shape index (κ1) is 15.7. The molecule has 0 heterocycles. The molecule has 0 aliphatic heterocycles. The minimum atomic E-state index is -0.427. The number of hydrogen-bond donors (Lipinski definition) is 0. The Morgan fingerprint density at radius 1 is 1.16 bits per heavy atom. The molecule has 0 aromatic heterocycles. The van der Waals surface area contributed by atoms with Gasteiger partial charge in [0.15, 0.2) is 0 Å². The zero-order valence-electron chi connectivity index (χ0n) is 10.6. The van der Waals surface area contributed by atoms with Crippen molar-refractivity contribution in [3.05, 3.63) is 45.6 Å². The van der Waals surface area contributed by atoms with Crippen LogP contribution in [0.5, 0.6) is 0 Å². The van der Waals surface area contributed by atoms with Gasteiger partial charge in [0.05, 0.1) is 18.8 Å². The standard InChI is InChI=1S/C14H15IO4/c1-10(2)13(16)18-8-3-9-19-14(17)11-4-6-12(15)7-5-11/h4-7H,1,3,8-9H2,2H3. The van der Waals surface area contributed by atoms with E-state index in [4.69, 9.17) is 9.47 Å². The van der Waals surface area contributed by atoms with Crippen molar-refractivity contribution in [2.45, 2.75) is 13.3 Å². The molecule has 0 aliphatic rings. The minimum Gasteiger partial charge on any atom is -0.462 e. The molecule has 102 valence electrons. The van der Waals surface area contributed by atoms with Gasteiger partial charge in [0.2, 0.25) is 0 Å². The highest BCUT2D eigenvalue weighted by atomic mass is 127. The van der Waals surface area contributed by atoms with Gasteiger partial charge >= 0.3 is 11.9 Å². The number of ether oxygens (including phenoxy) is 2. The number of rotatable bonds is 6. The van der Waals surface area contributed by atoms with Crippen molar-refractivity contribution in [1.82, 2.24) is 0 Å². The van der Waals surface area contributed by atoms with Crippen LogP contribution in [0.15, 0.2) is 36.4 Å². The molecule has 1 aromatic rings. The lowest BCUT2D eigenvalue weighted by molar-refractivity contribution is -0.139. The fourth-order valence-electron chi connectivity index (χ4n) is 1.18. The number of benzene rings is 1. The van der Waals surface area contributed by atoms with Crippen molar-refractivity contribution in [3.63, 3.8) is 0 Å². The van der Waals surface area contributed by atoms with E-state index in [0.717, 1.165) is 3.57 Å².